The zero-order valence-corrected chi connectivity index (χ0v) is 12.6. The van der Waals surface area contributed by atoms with Crippen molar-refractivity contribution in [3.63, 3.8) is 0 Å². The van der Waals surface area contributed by atoms with Gasteiger partial charge in [0, 0.05) is 18.8 Å². The van der Waals surface area contributed by atoms with Gasteiger partial charge in [-0.25, -0.2) is 4.85 Å². The Morgan fingerprint density at radius 3 is 2.32 bits per heavy atom. The Morgan fingerprint density at radius 1 is 1.00 bits per heavy atom. The van der Waals surface area contributed by atoms with Gasteiger partial charge in [0.25, 0.3) is 0 Å². The second-order valence-electron chi connectivity index (χ2n) is 5.61. The topological polar surface area (TPSA) is 16.8 Å². The monoisotopic (exact) mass is 292 g/mol. The van der Waals surface area contributed by atoms with Gasteiger partial charge in [-0.15, -0.1) is 0 Å². The van der Waals surface area contributed by atoms with Crippen LogP contribution < -0.4 is 4.90 Å². The van der Waals surface area contributed by atoms with Crippen molar-refractivity contribution in [2.75, 3.05) is 18.0 Å². The van der Waals surface area contributed by atoms with Crippen molar-refractivity contribution in [1.29, 1.82) is 0 Å². The molecule has 0 spiro atoms. The molecule has 112 valence electrons. The van der Waals surface area contributed by atoms with E-state index in [1.807, 2.05) is 42.5 Å². The molecule has 0 N–H and O–H groups in total. The van der Waals surface area contributed by atoms with E-state index in [4.69, 9.17) is 11.3 Å². The minimum absolute atomic E-state index is 0.346. The minimum Gasteiger partial charge on any atom is -0.373 e. The van der Waals surface area contributed by atoms with Gasteiger partial charge in [-0.1, -0.05) is 42.5 Å². The number of rotatable bonds is 4. The van der Waals surface area contributed by atoms with E-state index < -0.39 is 0 Å². The predicted octanol–water partition coefficient (Wildman–Crippen LogP) is 4.42. The molecular weight excluding hydrogens is 272 g/mol. The summed E-state index contributed by atoms with van der Waals surface area (Å²) in [6, 6.07) is 18.2. The first-order chi connectivity index (χ1) is 10.8. The van der Waals surface area contributed by atoms with Crippen LogP contribution in [0.25, 0.3) is 4.85 Å². The van der Waals surface area contributed by atoms with E-state index in [-0.39, 0.29) is 0 Å². The van der Waals surface area contributed by atoms with Gasteiger partial charge in [0.1, 0.15) is 0 Å². The smallest absolute Gasteiger partial charge is 0.187 e. The maximum atomic E-state index is 7.00. The van der Waals surface area contributed by atoms with Crippen molar-refractivity contribution in [1.82, 2.24) is 0 Å². The van der Waals surface area contributed by atoms with Crippen LogP contribution in [0, 0.1) is 6.57 Å². The van der Waals surface area contributed by atoms with E-state index in [9.17, 15) is 0 Å². The lowest BCUT2D eigenvalue weighted by Crippen LogP contribution is -2.36. The summed E-state index contributed by atoms with van der Waals surface area (Å²) < 4.78 is 6.02. The van der Waals surface area contributed by atoms with Gasteiger partial charge < -0.3 is 9.64 Å². The molecule has 2 aromatic rings. The maximum Gasteiger partial charge on any atom is 0.187 e. The Bertz CT molecular complexity index is 623. The van der Waals surface area contributed by atoms with Crippen LogP contribution in [-0.4, -0.2) is 19.2 Å². The lowest BCUT2D eigenvalue weighted by molar-refractivity contribution is 0.0251. The van der Waals surface area contributed by atoms with Crippen molar-refractivity contribution in [3.05, 3.63) is 71.6 Å². The van der Waals surface area contributed by atoms with E-state index in [0.717, 1.165) is 25.9 Å². The van der Waals surface area contributed by atoms with Gasteiger partial charge in [0.2, 0.25) is 0 Å². The normalized spacial score (nSPS) is 15.5. The van der Waals surface area contributed by atoms with Crippen LogP contribution in [-0.2, 0) is 11.3 Å². The lowest BCUT2D eigenvalue weighted by Gasteiger charge is -2.33. The quantitative estimate of drug-likeness (QED) is 0.776. The number of ether oxygens (including phenoxy) is 1. The number of benzene rings is 2. The molecule has 1 heterocycles. The Balaban J connectivity index is 1.48. The Hall–Kier alpha value is -2.31. The third kappa shape index (κ3) is 3.66. The summed E-state index contributed by atoms with van der Waals surface area (Å²) in [6.07, 6.45) is 2.45. The molecule has 22 heavy (non-hydrogen) atoms. The molecule has 3 rings (SSSR count). The van der Waals surface area contributed by atoms with Crippen molar-refractivity contribution < 1.29 is 4.74 Å². The highest BCUT2D eigenvalue weighted by atomic mass is 16.5. The van der Waals surface area contributed by atoms with Crippen LogP contribution in [0.5, 0.6) is 0 Å². The standard InChI is InChI=1S/C19H20N2O/c1-20-17-7-9-18(10-8-17)21-13-11-19(12-14-21)22-15-16-5-3-2-4-6-16/h2-10,19H,11-15H2. The second kappa shape index (κ2) is 7.11. The first-order valence-corrected chi connectivity index (χ1v) is 7.73. The zero-order valence-electron chi connectivity index (χ0n) is 12.6. The lowest BCUT2D eigenvalue weighted by atomic mass is 10.1. The first kappa shape index (κ1) is 14.6. The molecule has 3 heteroatoms. The summed E-state index contributed by atoms with van der Waals surface area (Å²) in [5.41, 5.74) is 3.14. The largest absolute Gasteiger partial charge is 0.373 e. The molecule has 0 aliphatic carbocycles. The Morgan fingerprint density at radius 2 is 1.68 bits per heavy atom. The zero-order chi connectivity index (χ0) is 15.2. The summed E-state index contributed by atoms with van der Waals surface area (Å²) in [4.78, 5) is 5.80. The van der Waals surface area contributed by atoms with Gasteiger partial charge in [-0.05, 0) is 30.5 Å². The van der Waals surface area contributed by atoms with Crippen LogP contribution in [0.3, 0.4) is 0 Å². The fourth-order valence-electron chi connectivity index (χ4n) is 2.81. The highest BCUT2D eigenvalue weighted by molar-refractivity contribution is 5.55. The average Bonchev–Trinajstić information content (AvgIpc) is 2.61. The predicted molar refractivity (Wildman–Crippen MR) is 89.2 cm³/mol. The molecular formula is C19H20N2O. The molecule has 1 aliphatic heterocycles. The molecule has 0 aromatic heterocycles. The molecule has 3 nitrogen and oxygen atoms in total. The fourth-order valence-corrected chi connectivity index (χ4v) is 2.81. The summed E-state index contributed by atoms with van der Waals surface area (Å²) in [5.74, 6) is 0. The summed E-state index contributed by atoms with van der Waals surface area (Å²) in [6.45, 7) is 9.72. The van der Waals surface area contributed by atoms with Crippen molar-refractivity contribution >= 4 is 11.4 Å². The Labute approximate surface area is 132 Å². The number of nitrogens with zero attached hydrogens (tertiary/aromatic N) is 2. The molecule has 0 unspecified atom stereocenters. The Kier molecular flexibility index (Phi) is 4.72. The van der Waals surface area contributed by atoms with Crippen LogP contribution >= 0.6 is 0 Å². The van der Waals surface area contributed by atoms with E-state index in [0.29, 0.717) is 18.4 Å². The minimum atomic E-state index is 0.346. The SMILES string of the molecule is [C-]#[N+]c1ccc(N2CCC(OCc3ccccc3)CC2)cc1. The van der Waals surface area contributed by atoms with E-state index in [1.54, 1.807) is 0 Å². The van der Waals surface area contributed by atoms with Crippen molar-refractivity contribution in [3.8, 4) is 0 Å². The number of anilines is 1. The molecule has 1 fully saturated rings. The summed E-state index contributed by atoms with van der Waals surface area (Å²) in [5, 5.41) is 0. The van der Waals surface area contributed by atoms with Crippen LogP contribution in [0.15, 0.2) is 54.6 Å². The average molecular weight is 292 g/mol. The van der Waals surface area contributed by atoms with E-state index in [1.165, 1.54) is 11.3 Å². The van der Waals surface area contributed by atoms with Crippen LogP contribution in [0.4, 0.5) is 11.4 Å². The molecule has 0 bridgehead atoms. The number of hydrogen-bond donors (Lipinski definition) is 0. The van der Waals surface area contributed by atoms with Crippen molar-refractivity contribution in [2.45, 2.75) is 25.6 Å². The fraction of sp³-hybridized carbons (Fsp3) is 0.316. The molecule has 0 atom stereocenters. The van der Waals surface area contributed by atoms with Crippen LogP contribution in [0.1, 0.15) is 18.4 Å². The highest BCUT2D eigenvalue weighted by Crippen LogP contribution is 2.24. The van der Waals surface area contributed by atoms with E-state index >= 15 is 0 Å². The molecule has 1 saturated heterocycles. The van der Waals surface area contributed by atoms with Crippen molar-refractivity contribution in [2.24, 2.45) is 0 Å². The summed E-state index contributed by atoms with van der Waals surface area (Å²) >= 11 is 0. The highest BCUT2D eigenvalue weighted by Gasteiger charge is 2.19. The first-order valence-electron chi connectivity index (χ1n) is 7.73. The molecule has 2 aromatic carbocycles. The maximum absolute atomic E-state index is 7.00. The number of hydrogen-bond acceptors (Lipinski definition) is 2. The molecule has 0 saturated carbocycles. The van der Waals surface area contributed by atoms with Gasteiger partial charge in [0.05, 0.1) is 19.3 Å². The number of piperidine rings is 1. The molecule has 0 radical (unpaired) electrons. The van der Waals surface area contributed by atoms with Gasteiger partial charge in [-0.3, -0.25) is 0 Å². The van der Waals surface area contributed by atoms with E-state index in [2.05, 4.69) is 21.9 Å². The summed E-state index contributed by atoms with van der Waals surface area (Å²) in [7, 11) is 0. The second-order valence-corrected chi connectivity index (χ2v) is 5.61. The molecule has 1 aliphatic rings. The van der Waals surface area contributed by atoms with Gasteiger partial charge in [-0.2, -0.15) is 0 Å². The van der Waals surface area contributed by atoms with Gasteiger partial charge in [0.15, 0.2) is 5.69 Å². The van der Waals surface area contributed by atoms with Gasteiger partial charge >= 0.3 is 0 Å². The third-order valence-electron chi connectivity index (χ3n) is 4.11. The molecule has 0 amide bonds. The van der Waals surface area contributed by atoms with Crippen LogP contribution in [0.2, 0.25) is 0 Å². The third-order valence-corrected chi connectivity index (χ3v) is 4.11.